The molecule has 0 saturated heterocycles. The molecule has 3 aromatic rings. The largest absolute Gasteiger partial charge is 0.497 e. The molecule has 29 heavy (non-hydrogen) atoms. The molecule has 0 radical (unpaired) electrons. The van der Waals surface area contributed by atoms with Gasteiger partial charge in [-0.2, -0.15) is 9.78 Å². The summed E-state index contributed by atoms with van der Waals surface area (Å²) in [5.41, 5.74) is -1.51. The third-order valence-corrected chi connectivity index (χ3v) is 4.99. The fourth-order valence-corrected chi connectivity index (χ4v) is 3.34. The summed E-state index contributed by atoms with van der Waals surface area (Å²) in [6.45, 7) is 0. The molecule has 0 fully saturated rings. The first-order chi connectivity index (χ1) is 13.7. The lowest BCUT2D eigenvalue weighted by atomic mass is 10.0. The predicted octanol–water partition coefficient (Wildman–Crippen LogP) is 3.78. The standard InChI is InChI=1S/C19H15Cl2F2N3O3/c1-25-18(27)16(17(22)23)24-26(19(25)28)11-8-14(20)13(15(21)9-11)7-10-3-5-12(29-2)6-4-10/h3-6,8-9,17H,7H2,1-2H3. The second-order valence-electron chi connectivity index (χ2n) is 6.16. The highest BCUT2D eigenvalue weighted by atomic mass is 35.5. The van der Waals surface area contributed by atoms with E-state index < -0.39 is 23.4 Å². The summed E-state index contributed by atoms with van der Waals surface area (Å²) in [4.78, 5) is 24.1. The second kappa shape index (κ2) is 8.34. The molecule has 1 heterocycles. The van der Waals surface area contributed by atoms with Crippen molar-refractivity contribution in [2.75, 3.05) is 7.11 Å². The Balaban J connectivity index is 2.06. The molecule has 0 saturated carbocycles. The molecule has 0 unspecified atom stereocenters. The van der Waals surface area contributed by atoms with Gasteiger partial charge >= 0.3 is 5.69 Å². The number of alkyl halides is 2. The Morgan fingerprint density at radius 2 is 1.69 bits per heavy atom. The van der Waals surface area contributed by atoms with E-state index in [0.29, 0.717) is 27.0 Å². The number of halogens is 4. The zero-order chi connectivity index (χ0) is 21.3. The Bertz CT molecular complexity index is 1150. The van der Waals surface area contributed by atoms with Gasteiger partial charge in [0, 0.05) is 23.5 Å². The Labute approximate surface area is 173 Å². The second-order valence-corrected chi connectivity index (χ2v) is 6.97. The summed E-state index contributed by atoms with van der Waals surface area (Å²) in [6.07, 6.45) is -2.74. The zero-order valence-electron chi connectivity index (χ0n) is 15.3. The van der Waals surface area contributed by atoms with Crippen molar-refractivity contribution >= 4 is 23.2 Å². The normalized spacial score (nSPS) is 11.1. The molecule has 152 valence electrons. The lowest BCUT2D eigenvalue weighted by Gasteiger charge is -2.13. The average Bonchev–Trinajstić information content (AvgIpc) is 2.69. The molecule has 0 N–H and O–H groups in total. The van der Waals surface area contributed by atoms with Crippen LogP contribution in [0.1, 0.15) is 23.2 Å². The first kappa shape index (κ1) is 21.0. The van der Waals surface area contributed by atoms with Crippen LogP contribution in [0.15, 0.2) is 46.0 Å². The maximum Gasteiger partial charge on any atom is 0.351 e. The van der Waals surface area contributed by atoms with Crippen LogP contribution in [0.25, 0.3) is 5.69 Å². The molecule has 0 aliphatic rings. The zero-order valence-corrected chi connectivity index (χ0v) is 16.8. The van der Waals surface area contributed by atoms with Crippen LogP contribution in [0.2, 0.25) is 10.0 Å². The molecule has 0 bridgehead atoms. The smallest absolute Gasteiger partial charge is 0.351 e. The SMILES string of the molecule is COc1ccc(Cc2c(Cl)cc(-n3nc(C(F)F)c(=O)n(C)c3=O)cc2Cl)cc1. The number of aromatic nitrogens is 3. The number of methoxy groups -OCH3 is 1. The van der Waals surface area contributed by atoms with Gasteiger partial charge in [-0.25, -0.2) is 13.6 Å². The van der Waals surface area contributed by atoms with Gasteiger partial charge in [0.2, 0.25) is 0 Å². The summed E-state index contributed by atoms with van der Waals surface area (Å²) in [5, 5.41) is 3.96. The van der Waals surface area contributed by atoms with Gasteiger partial charge in [0.05, 0.1) is 12.8 Å². The minimum atomic E-state index is -3.14. The number of rotatable bonds is 5. The number of hydrogen-bond donors (Lipinski definition) is 0. The van der Waals surface area contributed by atoms with Crippen LogP contribution in [0.3, 0.4) is 0 Å². The van der Waals surface area contributed by atoms with Crippen LogP contribution >= 0.6 is 23.2 Å². The maximum atomic E-state index is 13.1. The fourth-order valence-electron chi connectivity index (χ4n) is 2.73. The van der Waals surface area contributed by atoms with Crippen molar-refractivity contribution < 1.29 is 13.5 Å². The lowest BCUT2D eigenvalue weighted by Crippen LogP contribution is -2.41. The van der Waals surface area contributed by atoms with E-state index in [1.54, 1.807) is 19.2 Å². The molecule has 10 heteroatoms. The molecule has 1 aromatic heterocycles. The average molecular weight is 442 g/mol. The van der Waals surface area contributed by atoms with Crippen LogP contribution < -0.4 is 16.0 Å². The summed E-state index contributed by atoms with van der Waals surface area (Å²) in [5.74, 6) is 0.705. The molecule has 0 spiro atoms. The molecule has 0 atom stereocenters. The van der Waals surface area contributed by atoms with E-state index >= 15 is 0 Å². The van der Waals surface area contributed by atoms with Crippen molar-refractivity contribution in [2.24, 2.45) is 7.05 Å². The first-order valence-corrected chi connectivity index (χ1v) is 9.08. The molecule has 3 rings (SSSR count). The quantitative estimate of drug-likeness (QED) is 0.604. The molecular formula is C19H15Cl2F2N3O3. The van der Waals surface area contributed by atoms with Crippen LogP contribution in [0.4, 0.5) is 8.78 Å². The molecule has 0 aliphatic carbocycles. The van der Waals surface area contributed by atoms with Gasteiger partial charge < -0.3 is 4.74 Å². The Hall–Kier alpha value is -2.71. The highest BCUT2D eigenvalue weighted by Gasteiger charge is 2.20. The van der Waals surface area contributed by atoms with Crippen LogP contribution in [0.5, 0.6) is 5.75 Å². The molecule has 0 amide bonds. The van der Waals surface area contributed by atoms with Gasteiger partial charge in [-0.05, 0) is 35.4 Å². The maximum absolute atomic E-state index is 13.1. The molecular weight excluding hydrogens is 427 g/mol. The molecule has 6 nitrogen and oxygen atoms in total. The Kier molecular flexibility index (Phi) is 6.04. The Morgan fingerprint density at radius 1 is 1.10 bits per heavy atom. The number of benzene rings is 2. The fraction of sp³-hybridized carbons (Fsp3) is 0.211. The topological polar surface area (TPSA) is 66.1 Å². The molecule has 0 aliphatic heterocycles. The molecule has 2 aromatic carbocycles. The van der Waals surface area contributed by atoms with E-state index in [9.17, 15) is 18.4 Å². The first-order valence-electron chi connectivity index (χ1n) is 8.32. The van der Waals surface area contributed by atoms with Crippen molar-refractivity contribution in [3.8, 4) is 11.4 Å². The van der Waals surface area contributed by atoms with E-state index in [0.717, 1.165) is 12.6 Å². The van der Waals surface area contributed by atoms with Gasteiger partial charge in [0.15, 0.2) is 5.69 Å². The predicted molar refractivity (Wildman–Crippen MR) is 106 cm³/mol. The number of nitrogens with zero attached hydrogens (tertiary/aromatic N) is 3. The number of ether oxygens (including phenoxy) is 1. The van der Waals surface area contributed by atoms with Crippen LogP contribution in [0, 0.1) is 0 Å². The van der Waals surface area contributed by atoms with Crippen LogP contribution in [-0.4, -0.2) is 21.5 Å². The minimum Gasteiger partial charge on any atom is -0.497 e. The van der Waals surface area contributed by atoms with Crippen molar-refractivity contribution in [2.45, 2.75) is 12.8 Å². The summed E-state index contributed by atoms with van der Waals surface area (Å²) in [7, 11) is 2.66. The third-order valence-electron chi connectivity index (χ3n) is 4.32. The van der Waals surface area contributed by atoms with Gasteiger partial charge in [-0.15, -0.1) is 0 Å². The van der Waals surface area contributed by atoms with Gasteiger partial charge in [-0.1, -0.05) is 35.3 Å². The third kappa shape index (κ3) is 4.18. The number of hydrogen-bond acceptors (Lipinski definition) is 4. The van der Waals surface area contributed by atoms with Gasteiger partial charge in [0.1, 0.15) is 5.75 Å². The van der Waals surface area contributed by atoms with Gasteiger partial charge in [-0.3, -0.25) is 9.36 Å². The minimum absolute atomic E-state index is 0.0704. The van der Waals surface area contributed by atoms with Gasteiger partial charge in [0.25, 0.3) is 12.0 Å². The highest BCUT2D eigenvalue weighted by Crippen LogP contribution is 2.30. The Morgan fingerprint density at radius 3 is 2.21 bits per heavy atom. The van der Waals surface area contributed by atoms with E-state index in [1.807, 2.05) is 12.1 Å². The highest BCUT2D eigenvalue weighted by molar-refractivity contribution is 6.36. The van der Waals surface area contributed by atoms with Crippen molar-refractivity contribution in [1.82, 2.24) is 14.3 Å². The van der Waals surface area contributed by atoms with Crippen molar-refractivity contribution in [3.05, 3.63) is 84.1 Å². The van der Waals surface area contributed by atoms with E-state index in [2.05, 4.69) is 5.10 Å². The van der Waals surface area contributed by atoms with E-state index in [4.69, 9.17) is 27.9 Å². The summed E-state index contributed by atoms with van der Waals surface area (Å²) >= 11 is 12.7. The van der Waals surface area contributed by atoms with Crippen LogP contribution in [-0.2, 0) is 13.5 Å². The summed E-state index contributed by atoms with van der Waals surface area (Å²) < 4.78 is 32.6. The van der Waals surface area contributed by atoms with Crippen molar-refractivity contribution in [1.29, 1.82) is 0 Å². The van der Waals surface area contributed by atoms with Crippen molar-refractivity contribution in [3.63, 3.8) is 0 Å². The van der Waals surface area contributed by atoms with E-state index in [1.165, 1.54) is 12.1 Å². The lowest BCUT2D eigenvalue weighted by molar-refractivity contribution is 0.140. The summed E-state index contributed by atoms with van der Waals surface area (Å²) in [6, 6.07) is 10.1. The monoisotopic (exact) mass is 441 g/mol. The van der Waals surface area contributed by atoms with E-state index in [-0.39, 0.29) is 15.7 Å².